The fourth-order valence-electron chi connectivity index (χ4n) is 1.43. The van der Waals surface area contributed by atoms with Gasteiger partial charge in [0, 0.05) is 16.6 Å². The molecule has 2 aromatic carbocycles. The minimum atomic E-state index is -0.402. The molecule has 0 saturated carbocycles. The maximum atomic E-state index is 13.2. The summed E-state index contributed by atoms with van der Waals surface area (Å²) in [7, 11) is 0. The topological polar surface area (TPSA) is 59.0 Å². The number of nitrogens with two attached hydrogens (primary N) is 1. The van der Waals surface area contributed by atoms with Gasteiger partial charge in [0.2, 0.25) is 0 Å². The van der Waals surface area contributed by atoms with E-state index in [9.17, 15) is 4.39 Å². The summed E-state index contributed by atoms with van der Waals surface area (Å²) in [6.07, 6.45) is 0. The Balaban J connectivity index is 2.29. The molecule has 0 amide bonds. The number of benzene rings is 2. The number of ether oxygens (including phenoxy) is 1. The summed E-state index contributed by atoms with van der Waals surface area (Å²) in [5.74, 6) is 0.399. The number of hydrogen-bond donors (Lipinski definition) is 1. The second-order valence-corrected chi connectivity index (χ2v) is 4.48. The van der Waals surface area contributed by atoms with Crippen molar-refractivity contribution in [1.82, 2.24) is 0 Å². The molecule has 3 nitrogen and oxygen atoms in total. The average molecular weight is 307 g/mol. The Hall–Kier alpha value is -2.06. The van der Waals surface area contributed by atoms with Crippen molar-refractivity contribution in [3.05, 3.63) is 52.3 Å². The van der Waals surface area contributed by atoms with Gasteiger partial charge in [-0.2, -0.15) is 5.26 Å². The lowest BCUT2D eigenvalue weighted by Crippen LogP contribution is -1.92. The molecule has 0 aliphatic carbocycles. The van der Waals surface area contributed by atoms with Crippen molar-refractivity contribution in [2.75, 3.05) is 5.73 Å². The standard InChI is InChI=1S/C13H8BrFN2O/c14-9-3-10(15)5-12(4-9)18-11-2-1-8(7-16)13(17)6-11/h1-6H,17H2. The van der Waals surface area contributed by atoms with E-state index in [4.69, 9.17) is 15.7 Å². The van der Waals surface area contributed by atoms with Crippen LogP contribution < -0.4 is 10.5 Å². The lowest BCUT2D eigenvalue weighted by Gasteiger charge is -2.07. The zero-order valence-corrected chi connectivity index (χ0v) is 10.7. The predicted octanol–water partition coefficient (Wildman–Crippen LogP) is 3.83. The van der Waals surface area contributed by atoms with Gasteiger partial charge < -0.3 is 10.5 Å². The number of nitrogen functional groups attached to an aromatic ring is 1. The monoisotopic (exact) mass is 306 g/mol. The first kappa shape index (κ1) is 12.4. The van der Waals surface area contributed by atoms with E-state index in [0.717, 1.165) is 0 Å². The first-order valence-electron chi connectivity index (χ1n) is 5.02. The molecule has 0 aromatic heterocycles. The molecule has 2 rings (SSSR count). The summed E-state index contributed by atoms with van der Waals surface area (Å²) in [6, 6.07) is 10.9. The van der Waals surface area contributed by atoms with Crippen LogP contribution in [0.5, 0.6) is 11.5 Å². The molecule has 0 unspecified atom stereocenters. The molecule has 90 valence electrons. The van der Waals surface area contributed by atoms with Gasteiger partial charge in [0.1, 0.15) is 23.4 Å². The van der Waals surface area contributed by atoms with Crippen molar-refractivity contribution >= 4 is 21.6 Å². The molecule has 0 spiro atoms. The molecule has 0 heterocycles. The molecule has 0 saturated heterocycles. The fourth-order valence-corrected chi connectivity index (χ4v) is 1.87. The predicted molar refractivity (Wildman–Crippen MR) is 69.7 cm³/mol. The van der Waals surface area contributed by atoms with E-state index in [1.165, 1.54) is 18.2 Å². The Morgan fingerprint density at radius 2 is 1.94 bits per heavy atom. The van der Waals surface area contributed by atoms with Crippen LogP contribution in [-0.4, -0.2) is 0 Å². The average Bonchev–Trinajstić information content (AvgIpc) is 2.27. The van der Waals surface area contributed by atoms with Gasteiger partial charge in [0.05, 0.1) is 11.3 Å². The smallest absolute Gasteiger partial charge is 0.131 e. The van der Waals surface area contributed by atoms with Crippen molar-refractivity contribution in [2.45, 2.75) is 0 Å². The van der Waals surface area contributed by atoms with Crippen LogP contribution in [0.4, 0.5) is 10.1 Å². The Bertz CT molecular complexity index is 617. The Labute approximate surface area is 112 Å². The highest BCUT2D eigenvalue weighted by molar-refractivity contribution is 9.10. The highest BCUT2D eigenvalue weighted by Crippen LogP contribution is 2.27. The van der Waals surface area contributed by atoms with Gasteiger partial charge in [-0.25, -0.2) is 4.39 Å². The maximum Gasteiger partial charge on any atom is 0.131 e. The second kappa shape index (κ2) is 5.07. The number of nitriles is 1. The third kappa shape index (κ3) is 2.79. The third-order valence-corrected chi connectivity index (χ3v) is 2.67. The van der Waals surface area contributed by atoms with Gasteiger partial charge in [-0.05, 0) is 24.3 Å². The summed E-state index contributed by atoms with van der Waals surface area (Å²) >= 11 is 3.18. The van der Waals surface area contributed by atoms with Gasteiger partial charge in [0.25, 0.3) is 0 Å². The first-order valence-corrected chi connectivity index (χ1v) is 5.81. The summed E-state index contributed by atoms with van der Waals surface area (Å²) in [4.78, 5) is 0. The molecule has 0 atom stereocenters. The molecular formula is C13H8BrFN2O. The number of hydrogen-bond acceptors (Lipinski definition) is 3. The van der Waals surface area contributed by atoms with Gasteiger partial charge >= 0.3 is 0 Å². The summed E-state index contributed by atoms with van der Waals surface area (Å²) < 4.78 is 19.2. The number of halogens is 2. The molecule has 0 fully saturated rings. The molecule has 5 heteroatoms. The first-order chi connectivity index (χ1) is 8.58. The summed E-state index contributed by atoms with van der Waals surface area (Å²) in [6.45, 7) is 0. The number of nitrogens with zero attached hydrogens (tertiary/aromatic N) is 1. The van der Waals surface area contributed by atoms with Crippen LogP contribution in [0, 0.1) is 17.1 Å². The molecule has 2 N–H and O–H groups in total. The zero-order chi connectivity index (χ0) is 13.1. The molecular weight excluding hydrogens is 299 g/mol. The van der Waals surface area contributed by atoms with Crippen LogP contribution in [0.3, 0.4) is 0 Å². The quantitative estimate of drug-likeness (QED) is 0.858. The van der Waals surface area contributed by atoms with Crippen LogP contribution in [0.2, 0.25) is 0 Å². The summed E-state index contributed by atoms with van der Waals surface area (Å²) in [5.41, 5.74) is 6.36. The van der Waals surface area contributed by atoms with Gasteiger partial charge in [0.15, 0.2) is 0 Å². The highest BCUT2D eigenvalue weighted by atomic mass is 79.9. The van der Waals surface area contributed by atoms with Crippen molar-refractivity contribution in [3.8, 4) is 17.6 Å². The molecule has 18 heavy (non-hydrogen) atoms. The summed E-state index contributed by atoms with van der Waals surface area (Å²) in [5, 5.41) is 8.75. The third-order valence-electron chi connectivity index (χ3n) is 2.22. The normalized spacial score (nSPS) is 9.83. The van der Waals surface area contributed by atoms with Crippen LogP contribution in [0.1, 0.15) is 5.56 Å². The van der Waals surface area contributed by atoms with Crippen molar-refractivity contribution < 1.29 is 9.13 Å². The maximum absolute atomic E-state index is 13.2. The van der Waals surface area contributed by atoms with Crippen molar-refractivity contribution in [2.24, 2.45) is 0 Å². The highest BCUT2D eigenvalue weighted by Gasteiger charge is 2.04. The molecule has 0 bridgehead atoms. The van der Waals surface area contributed by atoms with Crippen LogP contribution in [0.15, 0.2) is 40.9 Å². The van der Waals surface area contributed by atoms with E-state index < -0.39 is 5.82 Å². The minimum absolute atomic E-state index is 0.325. The van der Waals surface area contributed by atoms with E-state index in [2.05, 4.69) is 15.9 Å². The van der Waals surface area contributed by atoms with E-state index in [-0.39, 0.29) is 0 Å². The molecule has 0 aliphatic rings. The van der Waals surface area contributed by atoms with E-state index >= 15 is 0 Å². The lowest BCUT2D eigenvalue weighted by molar-refractivity contribution is 0.476. The Morgan fingerprint density at radius 3 is 2.56 bits per heavy atom. The van der Waals surface area contributed by atoms with Crippen LogP contribution in [0.25, 0.3) is 0 Å². The lowest BCUT2D eigenvalue weighted by atomic mass is 10.2. The van der Waals surface area contributed by atoms with Crippen LogP contribution >= 0.6 is 15.9 Å². The SMILES string of the molecule is N#Cc1ccc(Oc2cc(F)cc(Br)c2)cc1N. The fraction of sp³-hybridized carbons (Fsp3) is 0. The van der Waals surface area contributed by atoms with E-state index in [0.29, 0.717) is 27.2 Å². The van der Waals surface area contributed by atoms with E-state index in [1.54, 1.807) is 18.2 Å². The molecule has 2 aromatic rings. The van der Waals surface area contributed by atoms with Crippen molar-refractivity contribution in [1.29, 1.82) is 5.26 Å². The second-order valence-electron chi connectivity index (χ2n) is 3.57. The van der Waals surface area contributed by atoms with Gasteiger partial charge in [-0.3, -0.25) is 0 Å². The van der Waals surface area contributed by atoms with Gasteiger partial charge in [-0.1, -0.05) is 15.9 Å². The molecule has 0 radical (unpaired) electrons. The number of rotatable bonds is 2. The van der Waals surface area contributed by atoms with Gasteiger partial charge in [-0.15, -0.1) is 0 Å². The van der Waals surface area contributed by atoms with Crippen molar-refractivity contribution in [3.63, 3.8) is 0 Å². The van der Waals surface area contributed by atoms with E-state index in [1.807, 2.05) is 6.07 Å². The largest absolute Gasteiger partial charge is 0.457 e. The number of anilines is 1. The zero-order valence-electron chi connectivity index (χ0n) is 9.15. The minimum Gasteiger partial charge on any atom is -0.457 e. The van der Waals surface area contributed by atoms with Crippen LogP contribution in [-0.2, 0) is 0 Å². The molecule has 0 aliphatic heterocycles. The Kier molecular flexibility index (Phi) is 3.49. The Morgan fingerprint density at radius 1 is 1.17 bits per heavy atom.